The number of thioether (sulfide) groups is 1. The number of hydrogen-bond acceptors (Lipinski definition) is 4. The normalized spacial score (nSPS) is 11.8. The maximum atomic E-state index is 12.9. The van der Waals surface area contributed by atoms with Crippen LogP contribution in [0.4, 0.5) is 4.39 Å². The first-order chi connectivity index (χ1) is 12.1. The van der Waals surface area contributed by atoms with Crippen LogP contribution in [0.25, 0.3) is 0 Å². The van der Waals surface area contributed by atoms with Crippen LogP contribution in [0.5, 0.6) is 0 Å². The maximum absolute atomic E-state index is 12.9. The molecule has 0 aliphatic carbocycles. The van der Waals surface area contributed by atoms with Gasteiger partial charge in [0.15, 0.2) is 5.76 Å². The van der Waals surface area contributed by atoms with Crippen molar-refractivity contribution in [2.24, 2.45) is 0 Å². The Morgan fingerprint density at radius 3 is 2.64 bits per heavy atom. The minimum Gasteiger partial charge on any atom is -0.459 e. The van der Waals surface area contributed by atoms with Gasteiger partial charge in [-0.25, -0.2) is 4.39 Å². The van der Waals surface area contributed by atoms with Gasteiger partial charge in [0.05, 0.1) is 6.26 Å². The van der Waals surface area contributed by atoms with Crippen LogP contribution in [0.3, 0.4) is 0 Å². The monoisotopic (exact) mass is 364 g/mol. The van der Waals surface area contributed by atoms with E-state index in [2.05, 4.69) is 10.6 Å². The van der Waals surface area contributed by atoms with Crippen LogP contribution in [0.2, 0.25) is 0 Å². The molecule has 0 fully saturated rings. The van der Waals surface area contributed by atoms with Gasteiger partial charge >= 0.3 is 0 Å². The zero-order valence-corrected chi connectivity index (χ0v) is 14.8. The molecule has 2 N–H and O–H groups in total. The van der Waals surface area contributed by atoms with Crippen LogP contribution in [0.15, 0.2) is 47.1 Å². The molecule has 1 heterocycles. The van der Waals surface area contributed by atoms with Gasteiger partial charge in [0.2, 0.25) is 5.91 Å². The molecule has 2 amide bonds. The highest BCUT2D eigenvalue weighted by Crippen LogP contribution is 2.06. The highest BCUT2D eigenvalue weighted by Gasteiger charge is 2.21. The number of rotatable bonds is 9. The molecule has 1 atom stereocenters. The fourth-order valence-corrected chi connectivity index (χ4v) is 2.72. The van der Waals surface area contributed by atoms with Gasteiger partial charge in [-0.2, -0.15) is 11.8 Å². The maximum Gasteiger partial charge on any atom is 0.287 e. The zero-order valence-electron chi connectivity index (χ0n) is 14.0. The van der Waals surface area contributed by atoms with Crippen LogP contribution in [0, 0.1) is 5.82 Å². The summed E-state index contributed by atoms with van der Waals surface area (Å²) in [5.74, 6) is -0.0197. The lowest BCUT2D eigenvalue weighted by molar-refractivity contribution is -0.123. The van der Waals surface area contributed by atoms with E-state index >= 15 is 0 Å². The number of halogens is 1. The third-order valence-electron chi connectivity index (χ3n) is 3.60. The second-order valence-corrected chi connectivity index (χ2v) is 6.44. The molecule has 0 bridgehead atoms. The zero-order chi connectivity index (χ0) is 18.1. The Labute approximate surface area is 150 Å². The molecule has 0 radical (unpaired) electrons. The van der Waals surface area contributed by atoms with Crippen LogP contribution < -0.4 is 10.6 Å². The van der Waals surface area contributed by atoms with Crippen molar-refractivity contribution >= 4 is 23.6 Å². The van der Waals surface area contributed by atoms with Gasteiger partial charge in [0, 0.05) is 6.54 Å². The predicted molar refractivity (Wildman–Crippen MR) is 96.1 cm³/mol. The molecule has 0 saturated carbocycles. The number of carbonyl (C=O) groups excluding carboxylic acids is 2. The lowest BCUT2D eigenvalue weighted by Gasteiger charge is -2.17. The molecule has 0 aliphatic rings. The van der Waals surface area contributed by atoms with Gasteiger partial charge in [-0.3, -0.25) is 9.59 Å². The number of nitrogens with one attached hydrogen (secondary N) is 2. The molecular formula is C18H21FN2O3S. The van der Waals surface area contributed by atoms with E-state index in [9.17, 15) is 14.0 Å². The SMILES string of the molecule is CSCC[C@H](NC(=O)c1ccco1)C(=O)NCCc1ccc(F)cc1. The van der Waals surface area contributed by atoms with Gasteiger partial charge in [-0.15, -0.1) is 0 Å². The Hall–Kier alpha value is -2.28. The fourth-order valence-electron chi connectivity index (χ4n) is 2.25. The summed E-state index contributed by atoms with van der Waals surface area (Å²) >= 11 is 1.60. The smallest absolute Gasteiger partial charge is 0.287 e. The van der Waals surface area contributed by atoms with E-state index in [-0.39, 0.29) is 17.5 Å². The Kier molecular flexibility index (Phi) is 7.53. The van der Waals surface area contributed by atoms with Gasteiger partial charge in [0.25, 0.3) is 5.91 Å². The van der Waals surface area contributed by atoms with Crippen molar-refractivity contribution in [3.05, 3.63) is 59.8 Å². The summed E-state index contributed by atoms with van der Waals surface area (Å²) in [5.41, 5.74) is 0.932. The molecule has 5 nitrogen and oxygen atoms in total. The first-order valence-electron chi connectivity index (χ1n) is 7.95. The second kappa shape index (κ2) is 9.88. The third-order valence-corrected chi connectivity index (χ3v) is 4.25. The van der Waals surface area contributed by atoms with Crippen molar-refractivity contribution in [3.63, 3.8) is 0 Å². The lowest BCUT2D eigenvalue weighted by Crippen LogP contribution is -2.47. The minimum absolute atomic E-state index is 0.174. The number of furan rings is 1. The third kappa shape index (κ3) is 6.26. The van der Waals surface area contributed by atoms with E-state index in [1.165, 1.54) is 18.4 Å². The molecule has 0 saturated heterocycles. The summed E-state index contributed by atoms with van der Waals surface area (Å²) in [4.78, 5) is 24.5. The van der Waals surface area contributed by atoms with E-state index in [1.54, 1.807) is 36.0 Å². The predicted octanol–water partition coefficient (Wildman–Crippen LogP) is 2.63. The molecule has 0 unspecified atom stereocenters. The highest BCUT2D eigenvalue weighted by atomic mass is 32.2. The summed E-state index contributed by atoms with van der Waals surface area (Å²) in [5, 5.41) is 5.52. The molecule has 2 aromatic rings. The van der Waals surface area contributed by atoms with Crippen molar-refractivity contribution in [2.45, 2.75) is 18.9 Å². The largest absolute Gasteiger partial charge is 0.459 e. The number of carbonyl (C=O) groups is 2. The summed E-state index contributed by atoms with van der Waals surface area (Å²) in [6, 6.07) is 8.70. The van der Waals surface area contributed by atoms with Crippen LogP contribution in [0.1, 0.15) is 22.5 Å². The van der Waals surface area contributed by atoms with Gasteiger partial charge in [-0.1, -0.05) is 12.1 Å². The van der Waals surface area contributed by atoms with E-state index < -0.39 is 11.9 Å². The Balaban J connectivity index is 1.86. The standard InChI is InChI=1S/C18H21FN2O3S/c1-25-12-9-15(21-18(23)16-3-2-11-24-16)17(22)20-10-8-13-4-6-14(19)7-5-13/h2-7,11,15H,8-10,12H2,1H3,(H,20,22)(H,21,23)/t15-/m0/s1. The van der Waals surface area contributed by atoms with Crippen molar-refractivity contribution < 1.29 is 18.4 Å². The average molecular weight is 364 g/mol. The first kappa shape index (κ1) is 19.1. The molecule has 0 spiro atoms. The van der Waals surface area contributed by atoms with E-state index in [1.807, 2.05) is 6.26 Å². The Morgan fingerprint density at radius 1 is 1.24 bits per heavy atom. The molecule has 2 rings (SSSR count). The molecule has 7 heteroatoms. The first-order valence-corrected chi connectivity index (χ1v) is 9.35. The van der Waals surface area contributed by atoms with Crippen LogP contribution >= 0.6 is 11.8 Å². The molecule has 0 aliphatic heterocycles. The van der Waals surface area contributed by atoms with Crippen molar-refractivity contribution in [1.82, 2.24) is 10.6 Å². The Bertz CT molecular complexity index is 674. The lowest BCUT2D eigenvalue weighted by atomic mass is 10.1. The summed E-state index contributed by atoms with van der Waals surface area (Å²) < 4.78 is 17.9. The number of amides is 2. The van der Waals surface area contributed by atoms with Gasteiger partial charge in [0.1, 0.15) is 11.9 Å². The highest BCUT2D eigenvalue weighted by molar-refractivity contribution is 7.98. The molecule has 1 aromatic heterocycles. The summed E-state index contributed by atoms with van der Waals surface area (Å²) in [7, 11) is 0. The summed E-state index contributed by atoms with van der Waals surface area (Å²) in [6.45, 7) is 0.414. The van der Waals surface area contributed by atoms with Crippen LogP contribution in [-0.4, -0.2) is 36.4 Å². The van der Waals surface area contributed by atoms with Gasteiger partial charge < -0.3 is 15.1 Å². The van der Waals surface area contributed by atoms with E-state index in [0.29, 0.717) is 19.4 Å². The van der Waals surface area contributed by atoms with Gasteiger partial charge in [-0.05, 0) is 54.7 Å². The van der Waals surface area contributed by atoms with Crippen molar-refractivity contribution in [3.8, 4) is 0 Å². The fraction of sp³-hybridized carbons (Fsp3) is 0.333. The Morgan fingerprint density at radius 2 is 2.00 bits per heavy atom. The minimum atomic E-state index is -0.627. The average Bonchev–Trinajstić information content (AvgIpc) is 3.14. The van der Waals surface area contributed by atoms with Crippen molar-refractivity contribution in [1.29, 1.82) is 0 Å². The topological polar surface area (TPSA) is 71.3 Å². The summed E-state index contributed by atoms with van der Waals surface area (Å²) in [6.07, 6.45) is 4.47. The quantitative estimate of drug-likeness (QED) is 0.718. The second-order valence-electron chi connectivity index (χ2n) is 5.45. The van der Waals surface area contributed by atoms with E-state index in [0.717, 1.165) is 11.3 Å². The van der Waals surface area contributed by atoms with Crippen LogP contribution in [-0.2, 0) is 11.2 Å². The van der Waals surface area contributed by atoms with E-state index in [4.69, 9.17) is 4.42 Å². The number of hydrogen-bond donors (Lipinski definition) is 2. The van der Waals surface area contributed by atoms with Crippen molar-refractivity contribution in [2.75, 3.05) is 18.6 Å². The molecule has 25 heavy (non-hydrogen) atoms. The molecule has 134 valence electrons. The molecule has 1 aromatic carbocycles. The molecular weight excluding hydrogens is 343 g/mol. The number of benzene rings is 1.